The molecule has 1 saturated heterocycles. The third kappa shape index (κ3) is 3.97. The van der Waals surface area contributed by atoms with Crippen molar-refractivity contribution in [3.8, 4) is 33.4 Å². The largest absolute Gasteiger partial charge is 0.508 e. The number of thiophene rings is 1. The minimum Gasteiger partial charge on any atom is -0.508 e. The van der Waals surface area contributed by atoms with Crippen LogP contribution in [0.4, 0.5) is 0 Å². The predicted octanol–water partition coefficient (Wildman–Crippen LogP) is 6.33. The van der Waals surface area contributed by atoms with E-state index in [0.29, 0.717) is 12.4 Å². The lowest BCUT2D eigenvalue weighted by molar-refractivity contribution is 0.183. The molecule has 0 spiro atoms. The number of fused-ring (bicyclic) bond motifs is 5. The van der Waals surface area contributed by atoms with Crippen molar-refractivity contribution in [2.45, 2.75) is 25.4 Å². The molecular formula is C28H27NO4S. The Labute approximate surface area is 202 Å². The fourth-order valence-corrected chi connectivity index (χ4v) is 6.29. The van der Waals surface area contributed by atoms with Crippen LogP contribution in [0.15, 0.2) is 60.7 Å². The minimum atomic E-state index is -0.315. The van der Waals surface area contributed by atoms with Crippen molar-refractivity contribution in [2.75, 3.05) is 26.2 Å². The number of phenolic OH excluding ortho intramolecular Hbond substituents is 2. The topological polar surface area (TPSA) is 62.2 Å². The number of benzene rings is 3. The molecule has 5 nitrogen and oxygen atoms in total. The van der Waals surface area contributed by atoms with Crippen LogP contribution in [0.2, 0.25) is 0 Å². The second-order valence-corrected chi connectivity index (χ2v) is 10.1. The van der Waals surface area contributed by atoms with Crippen LogP contribution in [0.3, 0.4) is 0 Å². The van der Waals surface area contributed by atoms with Gasteiger partial charge in [0.2, 0.25) is 0 Å². The molecule has 1 atom stereocenters. The van der Waals surface area contributed by atoms with Gasteiger partial charge in [0.25, 0.3) is 0 Å². The first-order chi connectivity index (χ1) is 16.7. The Morgan fingerprint density at radius 3 is 2.50 bits per heavy atom. The van der Waals surface area contributed by atoms with E-state index in [-0.39, 0.29) is 17.6 Å². The summed E-state index contributed by atoms with van der Waals surface area (Å²) in [5, 5.41) is 21.1. The molecule has 4 aromatic rings. The Morgan fingerprint density at radius 2 is 1.68 bits per heavy atom. The molecule has 34 heavy (non-hydrogen) atoms. The molecule has 2 aliphatic rings. The van der Waals surface area contributed by atoms with Crippen LogP contribution in [0.5, 0.6) is 23.0 Å². The van der Waals surface area contributed by atoms with Gasteiger partial charge >= 0.3 is 0 Å². The van der Waals surface area contributed by atoms with Gasteiger partial charge in [0.15, 0.2) is 6.10 Å². The second-order valence-electron chi connectivity index (χ2n) is 9.02. The first-order valence-corrected chi connectivity index (χ1v) is 12.7. The average Bonchev–Trinajstić information content (AvgIpc) is 3.23. The van der Waals surface area contributed by atoms with Crippen molar-refractivity contribution in [1.82, 2.24) is 4.90 Å². The van der Waals surface area contributed by atoms with E-state index in [4.69, 9.17) is 9.47 Å². The Hall–Kier alpha value is -3.22. The van der Waals surface area contributed by atoms with E-state index in [0.717, 1.165) is 43.9 Å². The van der Waals surface area contributed by atoms with Crippen molar-refractivity contribution in [1.29, 1.82) is 0 Å². The summed E-state index contributed by atoms with van der Waals surface area (Å²) in [6, 6.07) is 18.9. The number of nitrogens with zero attached hydrogens (tertiary/aromatic N) is 1. The summed E-state index contributed by atoms with van der Waals surface area (Å²) in [5.41, 5.74) is 3.07. The predicted molar refractivity (Wildman–Crippen MR) is 135 cm³/mol. The molecule has 0 amide bonds. The average molecular weight is 474 g/mol. The number of phenols is 2. The minimum absolute atomic E-state index is 0.178. The normalized spacial score (nSPS) is 17.7. The van der Waals surface area contributed by atoms with Crippen molar-refractivity contribution >= 4 is 21.4 Å². The van der Waals surface area contributed by atoms with E-state index >= 15 is 0 Å². The summed E-state index contributed by atoms with van der Waals surface area (Å²) in [6.45, 7) is 4.00. The van der Waals surface area contributed by atoms with Crippen LogP contribution in [-0.4, -0.2) is 41.4 Å². The van der Waals surface area contributed by atoms with Gasteiger partial charge in [0, 0.05) is 38.7 Å². The summed E-state index contributed by atoms with van der Waals surface area (Å²) in [5.74, 6) is 1.95. The van der Waals surface area contributed by atoms with Crippen molar-refractivity contribution in [3.63, 3.8) is 0 Å². The van der Waals surface area contributed by atoms with Gasteiger partial charge in [0.05, 0.1) is 0 Å². The number of piperidine rings is 1. The van der Waals surface area contributed by atoms with Crippen molar-refractivity contribution < 1.29 is 19.7 Å². The molecule has 1 aromatic heterocycles. The molecule has 6 heteroatoms. The first kappa shape index (κ1) is 21.3. The maximum atomic E-state index is 10.1. The van der Waals surface area contributed by atoms with Gasteiger partial charge < -0.3 is 19.7 Å². The zero-order valence-corrected chi connectivity index (χ0v) is 19.7. The SMILES string of the molecule is Oc1ccc2c(c1)O[C@H](c1ccc(OCCN3CCCCC3)cc1)c1c-2sc2cc(O)ccc12. The third-order valence-corrected chi connectivity index (χ3v) is 7.94. The highest BCUT2D eigenvalue weighted by Crippen LogP contribution is 2.52. The molecule has 0 bridgehead atoms. The van der Waals surface area contributed by atoms with E-state index in [1.54, 1.807) is 35.6 Å². The zero-order valence-electron chi connectivity index (χ0n) is 18.9. The zero-order chi connectivity index (χ0) is 23.1. The number of rotatable bonds is 5. The van der Waals surface area contributed by atoms with Gasteiger partial charge in [0.1, 0.15) is 29.6 Å². The maximum absolute atomic E-state index is 10.1. The highest BCUT2D eigenvalue weighted by molar-refractivity contribution is 7.22. The lowest BCUT2D eigenvalue weighted by atomic mass is 9.93. The number of hydrogen-bond donors (Lipinski definition) is 2. The quantitative estimate of drug-likeness (QED) is 0.355. The summed E-state index contributed by atoms with van der Waals surface area (Å²) in [6.07, 6.45) is 3.60. The molecule has 0 saturated carbocycles. The molecule has 3 heterocycles. The first-order valence-electron chi connectivity index (χ1n) is 11.9. The molecule has 2 N–H and O–H groups in total. The lowest BCUT2D eigenvalue weighted by Gasteiger charge is -2.28. The van der Waals surface area contributed by atoms with Gasteiger partial charge in [-0.25, -0.2) is 0 Å². The summed E-state index contributed by atoms with van der Waals surface area (Å²) < 4.78 is 13.5. The molecule has 6 rings (SSSR count). The van der Waals surface area contributed by atoms with E-state index in [9.17, 15) is 10.2 Å². The number of likely N-dealkylation sites (tertiary alicyclic amines) is 1. The Kier molecular flexibility index (Phi) is 5.55. The summed E-state index contributed by atoms with van der Waals surface area (Å²) in [7, 11) is 0. The Balaban J connectivity index is 1.29. The van der Waals surface area contributed by atoms with Crippen LogP contribution in [0.25, 0.3) is 20.5 Å². The number of ether oxygens (including phenoxy) is 2. The molecule has 1 fully saturated rings. The lowest BCUT2D eigenvalue weighted by Crippen LogP contribution is -2.33. The van der Waals surface area contributed by atoms with Crippen LogP contribution in [-0.2, 0) is 0 Å². The fraction of sp³-hybridized carbons (Fsp3) is 0.286. The number of hydrogen-bond acceptors (Lipinski definition) is 6. The molecule has 174 valence electrons. The molecule has 2 aliphatic heterocycles. The van der Waals surface area contributed by atoms with Gasteiger partial charge in [-0.05, 0) is 74.0 Å². The monoisotopic (exact) mass is 473 g/mol. The van der Waals surface area contributed by atoms with Gasteiger partial charge in [-0.2, -0.15) is 0 Å². The van der Waals surface area contributed by atoms with E-state index in [1.165, 1.54) is 32.4 Å². The molecule has 3 aromatic carbocycles. The van der Waals surface area contributed by atoms with E-state index in [1.807, 2.05) is 24.3 Å². The standard InChI is InChI=1S/C28H27NO4S/c30-19-6-10-22-24(16-19)33-27(26-23-11-7-20(31)17-25(23)34-28(22)26)18-4-8-21(9-5-18)32-15-14-29-12-2-1-3-13-29/h4-11,16-17,27,30-31H,1-3,12-15H2/t27-/m1/s1. The maximum Gasteiger partial charge on any atom is 0.151 e. The molecular weight excluding hydrogens is 446 g/mol. The Bertz CT molecular complexity index is 1320. The second kappa shape index (κ2) is 8.85. The highest BCUT2D eigenvalue weighted by atomic mass is 32.1. The van der Waals surface area contributed by atoms with E-state index in [2.05, 4.69) is 17.0 Å². The summed E-state index contributed by atoms with van der Waals surface area (Å²) in [4.78, 5) is 3.58. The Morgan fingerprint density at radius 1 is 0.912 bits per heavy atom. The van der Waals surface area contributed by atoms with Crippen LogP contribution in [0.1, 0.15) is 36.5 Å². The van der Waals surface area contributed by atoms with Crippen LogP contribution in [0, 0.1) is 0 Å². The van der Waals surface area contributed by atoms with Gasteiger partial charge in [-0.3, -0.25) is 4.90 Å². The molecule has 0 unspecified atom stereocenters. The highest BCUT2D eigenvalue weighted by Gasteiger charge is 2.31. The van der Waals surface area contributed by atoms with Gasteiger partial charge in [-0.1, -0.05) is 18.6 Å². The van der Waals surface area contributed by atoms with Crippen molar-refractivity contribution in [2.24, 2.45) is 0 Å². The molecule has 0 radical (unpaired) electrons. The summed E-state index contributed by atoms with van der Waals surface area (Å²) >= 11 is 1.64. The van der Waals surface area contributed by atoms with Gasteiger partial charge in [-0.15, -0.1) is 11.3 Å². The number of aromatic hydroxyl groups is 2. The van der Waals surface area contributed by atoms with Crippen LogP contribution < -0.4 is 9.47 Å². The fourth-order valence-electron chi connectivity index (χ4n) is 5.00. The third-order valence-electron chi connectivity index (χ3n) is 6.74. The molecule has 0 aliphatic carbocycles. The van der Waals surface area contributed by atoms with Crippen molar-refractivity contribution in [3.05, 3.63) is 71.8 Å². The smallest absolute Gasteiger partial charge is 0.151 e. The van der Waals surface area contributed by atoms with Crippen LogP contribution >= 0.6 is 11.3 Å². The van der Waals surface area contributed by atoms with E-state index < -0.39 is 0 Å².